The van der Waals surface area contributed by atoms with Crippen molar-refractivity contribution < 1.29 is 0 Å². The third kappa shape index (κ3) is 3.55. The van der Waals surface area contributed by atoms with Gasteiger partial charge in [0.05, 0.1) is 0 Å². The fourth-order valence-corrected chi connectivity index (χ4v) is 1.88. The number of hydrogen-bond donors (Lipinski definition) is 0. The lowest BCUT2D eigenvalue weighted by molar-refractivity contribution is 0.300. The molecule has 0 aromatic carbocycles. The molecule has 0 saturated carbocycles. The van der Waals surface area contributed by atoms with Crippen LogP contribution in [0.25, 0.3) is 0 Å². The highest BCUT2D eigenvalue weighted by atomic mass is 79.9. The molecule has 0 spiro atoms. The van der Waals surface area contributed by atoms with Gasteiger partial charge in [0.1, 0.15) is 0 Å². The molecular weight excluding hydrogens is 214 g/mol. The molecule has 0 fully saturated rings. The van der Waals surface area contributed by atoms with Crippen molar-refractivity contribution in [1.82, 2.24) is 4.90 Å². The molecule has 1 heterocycles. The van der Waals surface area contributed by atoms with E-state index in [2.05, 4.69) is 40.4 Å². The summed E-state index contributed by atoms with van der Waals surface area (Å²) in [6, 6.07) is 0. The Morgan fingerprint density at radius 3 is 3.08 bits per heavy atom. The van der Waals surface area contributed by atoms with Crippen LogP contribution in [0.4, 0.5) is 0 Å². The molecule has 0 aliphatic carbocycles. The molecule has 12 heavy (non-hydrogen) atoms. The van der Waals surface area contributed by atoms with Crippen molar-refractivity contribution in [2.45, 2.75) is 19.8 Å². The predicted molar refractivity (Wildman–Crippen MR) is 57.5 cm³/mol. The van der Waals surface area contributed by atoms with Crippen LogP contribution in [0.15, 0.2) is 22.7 Å². The SMILES string of the molecule is C=C(C)CCN1CCC=C(Br)C1. The topological polar surface area (TPSA) is 3.24 Å². The summed E-state index contributed by atoms with van der Waals surface area (Å²) in [7, 11) is 0. The Bertz CT molecular complexity index is 196. The van der Waals surface area contributed by atoms with Gasteiger partial charge in [-0.05, 0) is 19.8 Å². The van der Waals surface area contributed by atoms with Crippen LogP contribution in [0.3, 0.4) is 0 Å². The molecule has 0 amide bonds. The lowest BCUT2D eigenvalue weighted by Crippen LogP contribution is -2.29. The number of nitrogens with zero attached hydrogens (tertiary/aromatic N) is 1. The zero-order chi connectivity index (χ0) is 8.97. The summed E-state index contributed by atoms with van der Waals surface area (Å²) in [6.45, 7) is 9.42. The molecule has 1 rings (SSSR count). The molecule has 0 bridgehead atoms. The van der Waals surface area contributed by atoms with E-state index in [4.69, 9.17) is 0 Å². The van der Waals surface area contributed by atoms with Gasteiger partial charge in [0.2, 0.25) is 0 Å². The normalized spacial score (nSPS) is 19.0. The van der Waals surface area contributed by atoms with Crippen molar-refractivity contribution in [3.63, 3.8) is 0 Å². The van der Waals surface area contributed by atoms with Crippen LogP contribution >= 0.6 is 15.9 Å². The smallest absolute Gasteiger partial charge is 0.0296 e. The standard InChI is InChI=1S/C10H16BrN/c1-9(2)5-7-12-6-3-4-10(11)8-12/h4H,1,3,5-8H2,2H3. The number of hydrogen-bond acceptors (Lipinski definition) is 1. The molecule has 0 N–H and O–H groups in total. The Hall–Kier alpha value is -0.0800. The maximum Gasteiger partial charge on any atom is 0.0296 e. The van der Waals surface area contributed by atoms with Crippen LogP contribution < -0.4 is 0 Å². The van der Waals surface area contributed by atoms with Gasteiger partial charge in [-0.1, -0.05) is 27.6 Å². The summed E-state index contributed by atoms with van der Waals surface area (Å²) in [4.78, 5) is 2.46. The third-order valence-electron chi connectivity index (χ3n) is 2.04. The average Bonchev–Trinajstić information content (AvgIpc) is 2.01. The molecule has 1 aliphatic heterocycles. The zero-order valence-corrected chi connectivity index (χ0v) is 9.23. The summed E-state index contributed by atoms with van der Waals surface area (Å²) in [5.41, 5.74) is 1.28. The van der Waals surface area contributed by atoms with Gasteiger partial charge in [-0.2, -0.15) is 0 Å². The van der Waals surface area contributed by atoms with Crippen LogP contribution in [-0.2, 0) is 0 Å². The van der Waals surface area contributed by atoms with E-state index in [-0.39, 0.29) is 0 Å². The first-order chi connectivity index (χ1) is 5.68. The summed E-state index contributed by atoms with van der Waals surface area (Å²) < 4.78 is 1.33. The van der Waals surface area contributed by atoms with Crippen LogP contribution in [0.2, 0.25) is 0 Å². The highest BCUT2D eigenvalue weighted by Gasteiger charge is 2.09. The quantitative estimate of drug-likeness (QED) is 0.674. The van der Waals surface area contributed by atoms with Crippen LogP contribution in [0.1, 0.15) is 19.8 Å². The van der Waals surface area contributed by atoms with E-state index in [0.29, 0.717) is 0 Å². The third-order valence-corrected chi connectivity index (χ3v) is 2.62. The second-order valence-corrected chi connectivity index (χ2v) is 4.44. The van der Waals surface area contributed by atoms with Gasteiger partial charge in [-0.25, -0.2) is 0 Å². The van der Waals surface area contributed by atoms with E-state index in [1.54, 1.807) is 0 Å². The van der Waals surface area contributed by atoms with Crippen molar-refractivity contribution in [3.8, 4) is 0 Å². The van der Waals surface area contributed by atoms with Crippen LogP contribution in [0.5, 0.6) is 0 Å². The summed E-state index contributed by atoms with van der Waals surface area (Å²) >= 11 is 3.53. The van der Waals surface area contributed by atoms with E-state index in [0.717, 1.165) is 19.5 Å². The minimum absolute atomic E-state index is 1.08. The Balaban J connectivity index is 2.26. The van der Waals surface area contributed by atoms with E-state index in [9.17, 15) is 0 Å². The van der Waals surface area contributed by atoms with E-state index < -0.39 is 0 Å². The Morgan fingerprint density at radius 2 is 2.50 bits per heavy atom. The summed E-state index contributed by atoms with van der Waals surface area (Å²) in [6.07, 6.45) is 4.56. The Kier molecular flexibility index (Phi) is 4.02. The second kappa shape index (κ2) is 4.83. The van der Waals surface area contributed by atoms with Crippen LogP contribution in [-0.4, -0.2) is 24.5 Å². The lowest BCUT2D eigenvalue weighted by atomic mass is 10.2. The van der Waals surface area contributed by atoms with E-state index in [1.165, 1.54) is 23.0 Å². The maximum atomic E-state index is 3.91. The van der Waals surface area contributed by atoms with Crippen molar-refractivity contribution in [1.29, 1.82) is 0 Å². The van der Waals surface area contributed by atoms with Gasteiger partial charge in [0, 0.05) is 24.1 Å². The molecule has 0 aromatic rings. The maximum absolute atomic E-state index is 3.91. The minimum atomic E-state index is 1.08. The molecular formula is C10H16BrN. The highest BCUT2D eigenvalue weighted by Crippen LogP contribution is 2.15. The second-order valence-electron chi connectivity index (χ2n) is 3.42. The van der Waals surface area contributed by atoms with Gasteiger partial charge in [-0.3, -0.25) is 4.90 Å². The van der Waals surface area contributed by atoms with Crippen molar-refractivity contribution in [2.75, 3.05) is 19.6 Å². The van der Waals surface area contributed by atoms with Crippen molar-refractivity contribution in [3.05, 3.63) is 22.7 Å². The van der Waals surface area contributed by atoms with Crippen molar-refractivity contribution >= 4 is 15.9 Å². The van der Waals surface area contributed by atoms with E-state index in [1.807, 2.05) is 0 Å². The van der Waals surface area contributed by atoms with Gasteiger partial charge >= 0.3 is 0 Å². The fraction of sp³-hybridized carbons (Fsp3) is 0.600. The first kappa shape index (κ1) is 10.0. The molecule has 0 aromatic heterocycles. The highest BCUT2D eigenvalue weighted by molar-refractivity contribution is 9.11. The monoisotopic (exact) mass is 229 g/mol. The van der Waals surface area contributed by atoms with E-state index >= 15 is 0 Å². The lowest BCUT2D eigenvalue weighted by Gasteiger charge is -2.24. The number of rotatable bonds is 3. The molecule has 0 saturated heterocycles. The van der Waals surface area contributed by atoms with Gasteiger partial charge in [0.25, 0.3) is 0 Å². The number of halogens is 1. The van der Waals surface area contributed by atoms with Gasteiger partial charge < -0.3 is 0 Å². The molecule has 0 unspecified atom stereocenters. The summed E-state index contributed by atoms with van der Waals surface area (Å²) in [5, 5.41) is 0. The molecule has 1 nitrogen and oxygen atoms in total. The largest absolute Gasteiger partial charge is 0.298 e. The molecule has 68 valence electrons. The zero-order valence-electron chi connectivity index (χ0n) is 7.65. The Labute approximate surface area is 83.3 Å². The molecule has 0 atom stereocenters. The van der Waals surface area contributed by atoms with Crippen molar-refractivity contribution in [2.24, 2.45) is 0 Å². The molecule has 2 heteroatoms. The molecule has 0 radical (unpaired) electrons. The predicted octanol–water partition coefficient (Wildman–Crippen LogP) is 2.94. The fourth-order valence-electron chi connectivity index (χ4n) is 1.30. The molecule has 1 aliphatic rings. The first-order valence-electron chi connectivity index (χ1n) is 4.40. The first-order valence-corrected chi connectivity index (χ1v) is 5.19. The summed E-state index contributed by atoms with van der Waals surface area (Å²) in [5.74, 6) is 0. The van der Waals surface area contributed by atoms with Crippen LogP contribution in [0, 0.1) is 0 Å². The van der Waals surface area contributed by atoms with Gasteiger partial charge in [-0.15, -0.1) is 6.58 Å². The minimum Gasteiger partial charge on any atom is -0.298 e. The van der Waals surface area contributed by atoms with Gasteiger partial charge in [0.15, 0.2) is 0 Å². The average molecular weight is 230 g/mol. The Morgan fingerprint density at radius 1 is 1.75 bits per heavy atom.